The second-order valence-electron chi connectivity index (χ2n) is 3.25. The smallest absolute Gasteiger partial charge is 0.167 e. The maximum absolute atomic E-state index is 11.4. The topological polar surface area (TPSA) is 64.3 Å². The summed E-state index contributed by atoms with van der Waals surface area (Å²) in [7, 11) is -3.07. The highest BCUT2D eigenvalue weighted by molar-refractivity contribution is 7.90. The molecule has 0 aromatic carbocycles. The number of sulfone groups is 1. The van der Waals surface area contributed by atoms with Crippen molar-refractivity contribution < 1.29 is 17.6 Å². The second kappa shape index (κ2) is 3.96. The van der Waals surface area contributed by atoms with E-state index < -0.39 is 9.84 Å². The molecule has 4 nitrogen and oxygen atoms in total. The monoisotopic (exact) mass is 216 g/mol. The Bertz CT molecular complexity index is 427. The molecule has 0 unspecified atom stereocenters. The van der Waals surface area contributed by atoms with Crippen molar-refractivity contribution in [1.29, 1.82) is 0 Å². The number of Topliss-reactive ketones (excluding diaryl/α,β-unsaturated/α-hetero) is 1. The fourth-order valence-electron chi connectivity index (χ4n) is 1.01. The first-order valence-electron chi connectivity index (χ1n) is 4.14. The third-order valence-electron chi connectivity index (χ3n) is 1.75. The van der Waals surface area contributed by atoms with Crippen LogP contribution in [0.25, 0.3) is 0 Å². The van der Waals surface area contributed by atoms with Crippen LogP contribution in [0.4, 0.5) is 0 Å². The molecule has 1 aromatic heterocycles. The van der Waals surface area contributed by atoms with E-state index in [9.17, 15) is 13.2 Å². The maximum Gasteiger partial charge on any atom is 0.167 e. The first-order chi connectivity index (χ1) is 6.38. The lowest BCUT2D eigenvalue weighted by molar-refractivity contribution is 0.0988. The van der Waals surface area contributed by atoms with Gasteiger partial charge in [0, 0.05) is 12.7 Å². The van der Waals surface area contributed by atoms with Crippen LogP contribution >= 0.6 is 0 Å². The number of rotatable bonds is 4. The van der Waals surface area contributed by atoms with E-state index in [2.05, 4.69) is 0 Å². The zero-order chi connectivity index (χ0) is 10.8. The molecule has 1 aromatic rings. The van der Waals surface area contributed by atoms with E-state index in [0.29, 0.717) is 11.3 Å². The lowest BCUT2D eigenvalue weighted by Crippen LogP contribution is -2.08. The highest BCUT2D eigenvalue weighted by Gasteiger charge is 2.11. The number of carbonyl (C=O) groups is 1. The quantitative estimate of drug-likeness (QED) is 0.709. The van der Waals surface area contributed by atoms with Crippen molar-refractivity contribution in [2.75, 3.05) is 12.0 Å². The van der Waals surface area contributed by atoms with Gasteiger partial charge in [-0.2, -0.15) is 0 Å². The van der Waals surface area contributed by atoms with E-state index in [4.69, 9.17) is 4.42 Å². The molecule has 0 saturated heterocycles. The van der Waals surface area contributed by atoms with Crippen LogP contribution in [0, 0.1) is 6.92 Å². The van der Waals surface area contributed by atoms with Crippen LogP contribution in [-0.4, -0.2) is 26.2 Å². The molecule has 0 aliphatic rings. The Morgan fingerprint density at radius 1 is 1.50 bits per heavy atom. The molecule has 0 N–H and O–H groups in total. The Balaban J connectivity index is 2.60. The van der Waals surface area contributed by atoms with Crippen LogP contribution in [0.3, 0.4) is 0 Å². The van der Waals surface area contributed by atoms with Crippen molar-refractivity contribution >= 4 is 15.6 Å². The molecule has 1 rings (SSSR count). The lowest BCUT2D eigenvalue weighted by atomic mass is 10.2. The fraction of sp³-hybridized carbons (Fsp3) is 0.444. The molecule has 1 heterocycles. The van der Waals surface area contributed by atoms with Crippen molar-refractivity contribution in [3.05, 3.63) is 23.7 Å². The van der Waals surface area contributed by atoms with Gasteiger partial charge in [-0.25, -0.2) is 8.42 Å². The van der Waals surface area contributed by atoms with Crippen molar-refractivity contribution in [2.45, 2.75) is 13.3 Å². The molecule has 0 aliphatic heterocycles. The molecular weight excluding hydrogens is 204 g/mol. The number of ketones is 1. The summed E-state index contributed by atoms with van der Waals surface area (Å²) in [5.74, 6) is 0.329. The van der Waals surface area contributed by atoms with Gasteiger partial charge in [0.1, 0.15) is 21.9 Å². The highest BCUT2D eigenvalue weighted by atomic mass is 32.2. The molecule has 5 heteroatoms. The third-order valence-corrected chi connectivity index (χ3v) is 2.70. The fourth-order valence-corrected chi connectivity index (χ4v) is 1.57. The van der Waals surface area contributed by atoms with Crippen LogP contribution in [-0.2, 0) is 9.84 Å². The molecule has 0 bridgehead atoms. The van der Waals surface area contributed by atoms with Gasteiger partial charge in [0.2, 0.25) is 0 Å². The van der Waals surface area contributed by atoms with Crippen molar-refractivity contribution in [2.24, 2.45) is 0 Å². The van der Waals surface area contributed by atoms with Gasteiger partial charge in [-0.1, -0.05) is 0 Å². The molecule has 0 aliphatic carbocycles. The largest absolute Gasteiger partial charge is 0.469 e. The van der Waals surface area contributed by atoms with Crippen molar-refractivity contribution in [3.8, 4) is 0 Å². The normalized spacial score (nSPS) is 11.6. The van der Waals surface area contributed by atoms with Gasteiger partial charge in [-0.15, -0.1) is 0 Å². The predicted molar refractivity (Wildman–Crippen MR) is 52.1 cm³/mol. The summed E-state index contributed by atoms with van der Waals surface area (Å²) >= 11 is 0. The van der Waals surface area contributed by atoms with Gasteiger partial charge in [0.15, 0.2) is 5.78 Å². The summed E-state index contributed by atoms with van der Waals surface area (Å²) in [5.41, 5.74) is 0.436. The Kier molecular flexibility index (Phi) is 3.10. The van der Waals surface area contributed by atoms with Gasteiger partial charge in [0.25, 0.3) is 0 Å². The minimum absolute atomic E-state index is 0.0117. The Morgan fingerprint density at radius 3 is 2.57 bits per heavy atom. The third kappa shape index (κ3) is 3.33. The van der Waals surface area contributed by atoms with Gasteiger partial charge in [-0.05, 0) is 13.0 Å². The van der Waals surface area contributed by atoms with Gasteiger partial charge >= 0.3 is 0 Å². The molecule has 0 radical (unpaired) electrons. The maximum atomic E-state index is 11.4. The van der Waals surface area contributed by atoms with Crippen LogP contribution in [0.5, 0.6) is 0 Å². The standard InChI is InChI=1S/C9H12O4S/c1-7-5-8(6-13-7)9(10)3-4-14(2,11)12/h5-6H,3-4H2,1-2H3. The average Bonchev–Trinajstić information content (AvgIpc) is 2.46. The highest BCUT2D eigenvalue weighted by Crippen LogP contribution is 2.09. The summed E-state index contributed by atoms with van der Waals surface area (Å²) in [6.45, 7) is 1.73. The molecule has 78 valence electrons. The SMILES string of the molecule is Cc1cc(C(=O)CCS(C)(=O)=O)co1. The van der Waals surface area contributed by atoms with Gasteiger partial charge < -0.3 is 4.42 Å². The number of hydrogen-bond acceptors (Lipinski definition) is 4. The summed E-state index contributed by atoms with van der Waals surface area (Å²) in [6, 6.07) is 1.60. The van der Waals surface area contributed by atoms with Crippen LogP contribution in [0.15, 0.2) is 16.7 Å². The Hall–Kier alpha value is -1.10. The zero-order valence-electron chi connectivity index (χ0n) is 8.11. The summed E-state index contributed by atoms with van der Waals surface area (Å²) in [4.78, 5) is 11.4. The predicted octanol–water partition coefficient (Wildman–Crippen LogP) is 1.21. The minimum Gasteiger partial charge on any atom is -0.469 e. The van der Waals surface area contributed by atoms with E-state index in [1.165, 1.54) is 6.26 Å². The minimum atomic E-state index is -3.07. The van der Waals surface area contributed by atoms with Crippen molar-refractivity contribution in [3.63, 3.8) is 0 Å². The van der Waals surface area contributed by atoms with E-state index in [1.54, 1.807) is 13.0 Å². The van der Waals surface area contributed by atoms with E-state index in [-0.39, 0.29) is 18.0 Å². The molecular formula is C9H12O4S. The molecule has 0 fully saturated rings. The van der Waals surface area contributed by atoms with Crippen molar-refractivity contribution in [1.82, 2.24) is 0 Å². The summed E-state index contributed by atoms with van der Waals surface area (Å²) in [5, 5.41) is 0. The molecule has 0 amide bonds. The molecule has 14 heavy (non-hydrogen) atoms. The van der Waals surface area contributed by atoms with Crippen LogP contribution < -0.4 is 0 Å². The van der Waals surface area contributed by atoms with E-state index in [1.807, 2.05) is 0 Å². The second-order valence-corrected chi connectivity index (χ2v) is 5.51. The molecule has 0 saturated carbocycles. The van der Waals surface area contributed by atoms with Gasteiger partial charge in [0.05, 0.1) is 11.3 Å². The number of hydrogen-bond donors (Lipinski definition) is 0. The Morgan fingerprint density at radius 2 is 2.14 bits per heavy atom. The average molecular weight is 216 g/mol. The van der Waals surface area contributed by atoms with E-state index >= 15 is 0 Å². The lowest BCUT2D eigenvalue weighted by Gasteiger charge is -1.95. The van der Waals surface area contributed by atoms with Gasteiger partial charge in [-0.3, -0.25) is 4.79 Å². The summed E-state index contributed by atoms with van der Waals surface area (Å²) in [6.07, 6.45) is 2.47. The first-order valence-corrected chi connectivity index (χ1v) is 6.20. The number of carbonyl (C=O) groups excluding carboxylic acids is 1. The number of furan rings is 1. The first kappa shape index (κ1) is 11.0. The van der Waals surface area contributed by atoms with E-state index in [0.717, 1.165) is 6.26 Å². The molecule has 0 atom stereocenters. The number of aryl methyl sites for hydroxylation is 1. The van der Waals surface area contributed by atoms with Crippen LogP contribution in [0.1, 0.15) is 22.5 Å². The molecule has 0 spiro atoms. The zero-order valence-corrected chi connectivity index (χ0v) is 8.93. The van der Waals surface area contributed by atoms with Crippen LogP contribution in [0.2, 0.25) is 0 Å². The summed E-state index contributed by atoms with van der Waals surface area (Å²) < 4.78 is 26.5. The Labute approximate surface area is 82.8 Å².